The largest absolute Gasteiger partial charge is 0.304 e. The fourth-order valence-electron chi connectivity index (χ4n) is 3.60. The number of benzene rings is 2. The van der Waals surface area contributed by atoms with Crippen LogP contribution in [-0.2, 0) is 12.8 Å². The summed E-state index contributed by atoms with van der Waals surface area (Å²) in [5, 5.41) is 8.48. The van der Waals surface area contributed by atoms with Crippen LogP contribution in [0.5, 0.6) is 0 Å². The Balaban J connectivity index is 1.58. The maximum Gasteiger partial charge on any atom is 0.0426 e. The van der Waals surface area contributed by atoms with Gasteiger partial charge in [0.15, 0.2) is 0 Å². The highest BCUT2D eigenvalue weighted by Crippen LogP contribution is 2.31. The van der Waals surface area contributed by atoms with Crippen LogP contribution in [0.1, 0.15) is 36.5 Å². The molecule has 1 unspecified atom stereocenters. The number of nitrogens with one attached hydrogen (secondary N) is 1. The van der Waals surface area contributed by atoms with Crippen molar-refractivity contribution < 1.29 is 0 Å². The third-order valence-electron chi connectivity index (χ3n) is 4.93. The fraction of sp³-hybridized carbons (Fsp3) is 0.240. The molecule has 0 aromatic heterocycles. The van der Waals surface area contributed by atoms with E-state index >= 15 is 0 Å². The number of rotatable bonds is 7. The molecular weight excluding hydrogens is 314 g/mol. The lowest BCUT2D eigenvalue weighted by molar-refractivity contribution is 0.707. The van der Waals surface area contributed by atoms with Gasteiger partial charge in [0.25, 0.3) is 0 Å². The monoisotopic (exact) mass is 341 g/mol. The molecule has 0 saturated carbocycles. The summed E-state index contributed by atoms with van der Waals surface area (Å²) in [6.45, 7) is 2.06. The standard InChI is InChI=1S/C25H27N/c1-2-11-21(15-8-4-7-14-20-12-5-3-6-13-20)18-23-19-22-16-9-10-17-24(22)25(23)26/h2-6,8-13,15-17,23,26H,7,14,18-19H2,1H3/b8-4+,11-2-,21-15+,26-25?. The molecule has 0 aliphatic heterocycles. The van der Waals surface area contributed by atoms with Crippen LogP contribution in [0.25, 0.3) is 0 Å². The lowest BCUT2D eigenvalue weighted by atomic mass is 9.94. The average molecular weight is 341 g/mol. The average Bonchev–Trinajstić information content (AvgIpc) is 2.98. The molecule has 0 spiro atoms. The number of aryl methyl sites for hydroxylation is 1. The highest BCUT2D eigenvalue weighted by molar-refractivity contribution is 6.04. The zero-order chi connectivity index (χ0) is 18.2. The minimum absolute atomic E-state index is 0.299. The Bertz CT molecular complexity index is 824. The zero-order valence-corrected chi connectivity index (χ0v) is 15.5. The van der Waals surface area contributed by atoms with Gasteiger partial charge in [0, 0.05) is 11.6 Å². The molecule has 2 aromatic carbocycles. The fourth-order valence-corrected chi connectivity index (χ4v) is 3.60. The predicted molar refractivity (Wildman–Crippen MR) is 112 cm³/mol. The Morgan fingerprint density at radius 3 is 2.62 bits per heavy atom. The van der Waals surface area contributed by atoms with E-state index < -0.39 is 0 Å². The molecule has 132 valence electrons. The Kier molecular flexibility index (Phi) is 6.38. The van der Waals surface area contributed by atoms with Crippen LogP contribution in [0.4, 0.5) is 0 Å². The summed E-state index contributed by atoms with van der Waals surface area (Å²) in [4.78, 5) is 0. The summed E-state index contributed by atoms with van der Waals surface area (Å²) in [5.74, 6) is 0.299. The third kappa shape index (κ3) is 4.70. The van der Waals surface area contributed by atoms with Crippen LogP contribution >= 0.6 is 0 Å². The van der Waals surface area contributed by atoms with Crippen molar-refractivity contribution in [2.45, 2.75) is 32.6 Å². The van der Waals surface area contributed by atoms with Crippen LogP contribution < -0.4 is 0 Å². The highest BCUT2D eigenvalue weighted by Gasteiger charge is 2.26. The van der Waals surface area contributed by atoms with Crippen LogP contribution in [0, 0.1) is 11.3 Å². The van der Waals surface area contributed by atoms with Crippen molar-refractivity contribution >= 4 is 5.71 Å². The molecule has 3 rings (SSSR count). The van der Waals surface area contributed by atoms with Crippen molar-refractivity contribution in [3.8, 4) is 0 Å². The second kappa shape index (κ2) is 9.15. The van der Waals surface area contributed by atoms with Gasteiger partial charge in [-0.25, -0.2) is 0 Å². The molecule has 1 N–H and O–H groups in total. The van der Waals surface area contributed by atoms with E-state index in [2.05, 4.69) is 85.8 Å². The maximum atomic E-state index is 8.48. The topological polar surface area (TPSA) is 23.9 Å². The number of fused-ring (bicyclic) bond motifs is 1. The Morgan fingerprint density at radius 2 is 1.85 bits per heavy atom. The molecule has 2 aromatic rings. The van der Waals surface area contributed by atoms with Gasteiger partial charge < -0.3 is 5.41 Å². The summed E-state index contributed by atoms with van der Waals surface area (Å²) in [7, 11) is 0. The van der Waals surface area contributed by atoms with Crippen molar-refractivity contribution in [3.05, 3.63) is 107 Å². The first-order chi connectivity index (χ1) is 12.8. The first-order valence-electron chi connectivity index (χ1n) is 9.47. The highest BCUT2D eigenvalue weighted by atomic mass is 14.5. The van der Waals surface area contributed by atoms with Gasteiger partial charge in [-0.2, -0.15) is 0 Å². The quantitative estimate of drug-likeness (QED) is 0.571. The van der Waals surface area contributed by atoms with E-state index in [1.807, 2.05) is 6.07 Å². The zero-order valence-electron chi connectivity index (χ0n) is 15.5. The lowest BCUT2D eigenvalue weighted by Crippen LogP contribution is -2.09. The van der Waals surface area contributed by atoms with E-state index in [1.54, 1.807) is 0 Å². The Morgan fingerprint density at radius 1 is 1.08 bits per heavy atom. The van der Waals surface area contributed by atoms with E-state index in [9.17, 15) is 0 Å². The molecule has 0 amide bonds. The van der Waals surface area contributed by atoms with E-state index in [-0.39, 0.29) is 0 Å². The van der Waals surface area contributed by atoms with Crippen LogP contribution in [-0.4, -0.2) is 5.71 Å². The Hall–Kier alpha value is -2.67. The van der Waals surface area contributed by atoms with Gasteiger partial charge in [-0.1, -0.05) is 85.0 Å². The summed E-state index contributed by atoms with van der Waals surface area (Å²) in [6.07, 6.45) is 14.9. The first-order valence-corrected chi connectivity index (χ1v) is 9.47. The first kappa shape index (κ1) is 18.1. The lowest BCUT2D eigenvalue weighted by Gasteiger charge is -2.10. The molecule has 1 aliphatic carbocycles. The number of hydrogen-bond acceptors (Lipinski definition) is 1. The number of hydrogen-bond donors (Lipinski definition) is 1. The summed E-state index contributed by atoms with van der Waals surface area (Å²) in [6, 6.07) is 19.0. The van der Waals surface area contributed by atoms with E-state index in [4.69, 9.17) is 5.41 Å². The number of allylic oxidation sites excluding steroid dienone is 6. The minimum Gasteiger partial charge on any atom is -0.304 e. The molecule has 0 saturated heterocycles. The van der Waals surface area contributed by atoms with Gasteiger partial charge >= 0.3 is 0 Å². The summed E-state index contributed by atoms with van der Waals surface area (Å²) >= 11 is 0. The van der Waals surface area contributed by atoms with Crippen molar-refractivity contribution in [2.75, 3.05) is 0 Å². The van der Waals surface area contributed by atoms with Gasteiger partial charge in [0.1, 0.15) is 0 Å². The summed E-state index contributed by atoms with van der Waals surface area (Å²) < 4.78 is 0. The molecule has 26 heavy (non-hydrogen) atoms. The second-order valence-corrected chi connectivity index (χ2v) is 6.87. The minimum atomic E-state index is 0.299. The van der Waals surface area contributed by atoms with Crippen molar-refractivity contribution in [1.82, 2.24) is 0 Å². The predicted octanol–water partition coefficient (Wildman–Crippen LogP) is 6.31. The molecular formula is C25H27N. The molecule has 0 fully saturated rings. The molecule has 1 atom stereocenters. The SMILES string of the molecule is C\C=C/C(=C\C=C\CCc1ccccc1)CC1Cc2ccccc2C1=N. The van der Waals surface area contributed by atoms with Crippen LogP contribution in [0.15, 0.2) is 90.6 Å². The van der Waals surface area contributed by atoms with Crippen LogP contribution in [0.3, 0.4) is 0 Å². The third-order valence-corrected chi connectivity index (χ3v) is 4.93. The van der Waals surface area contributed by atoms with E-state index in [0.717, 1.165) is 37.0 Å². The second-order valence-electron chi connectivity index (χ2n) is 6.87. The van der Waals surface area contributed by atoms with Gasteiger partial charge in [-0.05, 0) is 54.9 Å². The van der Waals surface area contributed by atoms with Crippen molar-refractivity contribution in [1.29, 1.82) is 5.41 Å². The van der Waals surface area contributed by atoms with Gasteiger partial charge in [-0.15, -0.1) is 0 Å². The molecule has 0 radical (unpaired) electrons. The molecule has 1 aliphatic rings. The maximum absolute atomic E-state index is 8.48. The van der Waals surface area contributed by atoms with E-state index in [0.29, 0.717) is 5.92 Å². The Labute approximate surface area is 157 Å². The van der Waals surface area contributed by atoms with Gasteiger partial charge in [0.2, 0.25) is 0 Å². The van der Waals surface area contributed by atoms with Gasteiger partial charge in [-0.3, -0.25) is 0 Å². The molecule has 0 heterocycles. The normalized spacial score (nSPS) is 17.3. The van der Waals surface area contributed by atoms with E-state index in [1.165, 1.54) is 16.7 Å². The molecule has 1 nitrogen and oxygen atoms in total. The molecule has 1 heteroatoms. The molecule has 0 bridgehead atoms. The van der Waals surface area contributed by atoms with Crippen molar-refractivity contribution in [3.63, 3.8) is 0 Å². The smallest absolute Gasteiger partial charge is 0.0426 e. The van der Waals surface area contributed by atoms with Gasteiger partial charge in [0.05, 0.1) is 0 Å². The van der Waals surface area contributed by atoms with Crippen molar-refractivity contribution in [2.24, 2.45) is 5.92 Å². The summed E-state index contributed by atoms with van der Waals surface area (Å²) in [5.41, 5.74) is 5.93. The van der Waals surface area contributed by atoms with Crippen LogP contribution in [0.2, 0.25) is 0 Å².